The van der Waals surface area contributed by atoms with Crippen LogP contribution in [0.25, 0.3) is 0 Å². The van der Waals surface area contributed by atoms with Crippen LogP contribution in [0.1, 0.15) is 6.42 Å². The summed E-state index contributed by atoms with van der Waals surface area (Å²) >= 11 is 19.4. The Kier molecular flexibility index (Phi) is 3.65. The zero-order chi connectivity index (χ0) is 15.8. The van der Waals surface area contributed by atoms with Gasteiger partial charge >= 0.3 is 0 Å². The van der Waals surface area contributed by atoms with Gasteiger partial charge in [0.05, 0.1) is 17.5 Å². The molecule has 2 bridgehead atoms. The van der Waals surface area contributed by atoms with E-state index in [0.717, 1.165) is 6.42 Å². The number of amides is 2. The van der Waals surface area contributed by atoms with E-state index in [9.17, 15) is 9.59 Å². The van der Waals surface area contributed by atoms with Crippen LogP contribution in [0, 0.1) is 23.7 Å². The molecule has 22 heavy (non-hydrogen) atoms. The van der Waals surface area contributed by atoms with Crippen molar-refractivity contribution >= 4 is 72.6 Å². The Balaban J connectivity index is 1.76. The average molecular weight is 468 g/mol. The summed E-state index contributed by atoms with van der Waals surface area (Å²) in [6, 6.07) is 4.82. The number of fused-ring (bicyclic) bond motifs is 5. The number of imide groups is 1. The summed E-state index contributed by atoms with van der Waals surface area (Å²) in [6.45, 7) is 0. The van der Waals surface area contributed by atoms with Crippen LogP contribution in [-0.2, 0) is 9.59 Å². The molecule has 1 heterocycles. The van der Waals surface area contributed by atoms with Crippen LogP contribution < -0.4 is 4.90 Å². The molecule has 0 aromatic heterocycles. The monoisotopic (exact) mass is 465 g/mol. The summed E-state index contributed by atoms with van der Waals surface area (Å²) < 4.78 is 0. The van der Waals surface area contributed by atoms with Gasteiger partial charge in [-0.2, -0.15) is 0 Å². The van der Waals surface area contributed by atoms with Crippen molar-refractivity contribution in [1.82, 2.24) is 0 Å². The molecular formula is C15H11Br2Cl2NO2. The van der Waals surface area contributed by atoms with Crippen LogP contribution in [0.4, 0.5) is 5.69 Å². The first-order valence-electron chi connectivity index (χ1n) is 7.02. The molecule has 2 aliphatic carbocycles. The van der Waals surface area contributed by atoms with Gasteiger partial charge in [-0.1, -0.05) is 55.1 Å². The molecule has 1 aliphatic heterocycles. The van der Waals surface area contributed by atoms with Crippen molar-refractivity contribution in [3.63, 3.8) is 0 Å². The van der Waals surface area contributed by atoms with Crippen LogP contribution in [0.15, 0.2) is 18.2 Å². The summed E-state index contributed by atoms with van der Waals surface area (Å²) in [7, 11) is 0. The lowest BCUT2D eigenvalue weighted by molar-refractivity contribution is -0.123. The van der Waals surface area contributed by atoms with Crippen molar-refractivity contribution < 1.29 is 9.59 Å². The molecule has 6 atom stereocenters. The second kappa shape index (κ2) is 5.20. The summed E-state index contributed by atoms with van der Waals surface area (Å²) in [4.78, 5) is 27.4. The lowest BCUT2D eigenvalue weighted by Gasteiger charge is -2.28. The quantitative estimate of drug-likeness (QED) is 0.457. The maximum Gasteiger partial charge on any atom is 0.238 e. The summed E-state index contributed by atoms with van der Waals surface area (Å²) in [5.74, 6) is -0.290. The summed E-state index contributed by atoms with van der Waals surface area (Å²) in [5, 5.41) is 0.833. The smallest absolute Gasteiger partial charge is 0.238 e. The van der Waals surface area contributed by atoms with Gasteiger partial charge in [0, 0.05) is 19.7 Å². The first-order chi connectivity index (χ1) is 10.4. The molecule has 3 aliphatic rings. The van der Waals surface area contributed by atoms with Crippen molar-refractivity contribution in [3.8, 4) is 0 Å². The number of halogens is 4. The molecule has 116 valence electrons. The zero-order valence-electron chi connectivity index (χ0n) is 11.2. The fraction of sp³-hybridized carbons (Fsp3) is 0.467. The van der Waals surface area contributed by atoms with Crippen LogP contribution in [0.2, 0.25) is 10.0 Å². The normalized spacial score (nSPS) is 39.7. The summed E-state index contributed by atoms with van der Waals surface area (Å²) in [6.07, 6.45) is 0.919. The molecule has 4 rings (SSSR count). The number of hydrogen-bond donors (Lipinski definition) is 0. The van der Waals surface area contributed by atoms with E-state index in [4.69, 9.17) is 23.2 Å². The largest absolute Gasteiger partial charge is 0.274 e. The van der Waals surface area contributed by atoms with E-state index in [2.05, 4.69) is 31.9 Å². The van der Waals surface area contributed by atoms with Gasteiger partial charge in [0.2, 0.25) is 11.8 Å². The molecule has 2 saturated carbocycles. The molecule has 0 unspecified atom stereocenters. The van der Waals surface area contributed by atoms with Gasteiger partial charge in [0.1, 0.15) is 0 Å². The Bertz CT molecular complexity index is 646. The number of anilines is 1. The second-order valence-electron chi connectivity index (χ2n) is 6.14. The molecule has 1 aromatic rings. The lowest BCUT2D eigenvalue weighted by atomic mass is 9.81. The van der Waals surface area contributed by atoms with E-state index in [1.807, 2.05) is 0 Å². The zero-order valence-corrected chi connectivity index (χ0v) is 15.9. The maximum atomic E-state index is 12.8. The van der Waals surface area contributed by atoms with Gasteiger partial charge in [0.25, 0.3) is 0 Å². The van der Waals surface area contributed by atoms with Gasteiger partial charge < -0.3 is 0 Å². The van der Waals surface area contributed by atoms with Gasteiger partial charge in [-0.15, -0.1) is 0 Å². The molecule has 1 aromatic carbocycles. The van der Waals surface area contributed by atoms with Gasteiger partial charge in [-0.25, -0.2) is 4.90 Å². The van der Waals surface area contributed by atoms with E-state index < -0.39 is 0 Å². The Labute approximate surface area is 154 Å². The van der Waals surface area contributed by atoms with Crippen LogP contribution >= 0.6 is 55.1 Å². The van der Waals surface area contributed by atoms with E-state index in [-0.39, 0.29) is 45.1 Å². The summed E-state index contributed by atoms with van der Waals surface area (Å²) in [5.41, 5.74) is 0.471. The fourth-order valence-corrected chi connectivity index (χ4v) is 6.66. The van der Waals surface area contributed by atoms with E-state index in [0.29, 0.717) is 15.7 Å². The predicted molar refractivity (Wildman–Crippen MR) is 93.0 cm³/mol. The maximum absolute atomic E-state index is 12.8. The second-order valence-corrected chi connectivity index (χ2v) is 9.13. The molecule has 0 N–H and O–H groups in total. The Morgan fingerprint density at radius 1 is 0.909 bits per heavy atom. The highest BCUT2D eigenvalue weighted by Crippen LogP contribution is 2.60. The van der Waals surface area contributed by atoms with Crippen molar-refractivity contribution in [3.05, 3.63) is 28.2 Å². The minimum absolute atomic E-state index is 0.121. The van der Waals surface area contributed by atoms with E-state index in [1.54, 1.807) is 18.2 Å². The van der Waals surface area contributed by atoms with E-state index >= 15 is 0 Å². The van der Waals surface area contributed by atoms with Gasteiger partial charge in [-0.05, 0) is 36.5 Å². The predicted octanol–water partition coefficient (Wildman–Crippen LogP) is 4.28. The minimum atomic E-state index is -0.228. The number of carbonyl (C=O) groups excluding carboxylic acids is 2. The third kappa shape index (κ3) is 1.98. The van der Waals surface area contributed by atoms with Crippen molar-refractivity contribution in [2.75, 3.05) is 4.90 Å². The first-order valence-corrected chi connectivity index (χ1v) is 9.61. The highest BCUT2D eigenvalue weighted by molar-refractivity contribution is 9.12. The molecule has 0 spiro atoms. The molecule has 1 saturated heterocycles. The van der Waals surface area contributed by atoms with Crippen LogP contribution in [-0.4, -0.2) is 21.5 Å². The third-order valence-corrected chi connectivity index (χ3v) is 8.74. The molecule has 2 amide bonds. The van der Waals surface area contributed by atoms with Crippen LogP contribution in [0.5, 0.6) is 0 Å². The number of hydrogen-bond acceptors (Lipinski definition) is 2. The van der Waals surface area contributed by atoms with Crippen LogP contribution in [0.3, 0.4) is 0 Å². The molecule has 0 radical (unpaired) electrons. The lowest BCUT2D eigenvalue weighted by Crippen LogP contribution is -2.37. The average Bonchev–Trinajstić information content (AvgIpc) is 3.03. The third-order valence-electron chi connectivity index (χ3n) is 5.09. The standard InChI is InChI=1S/C15H11Br2Cl2NO2/c16-12-8-4-9(13(12)17)11-10(8)14(21)20(15(11)22)7-2-5(18)1-6(19)3-7/h1-3,8-13H,4H2/t8-,9-,10+,11+,12-,13-/m1/s1. The number of nitrogens with zero attached hydrogens (tertiary/aromatic N) is 1. The number of benzene rings is 1. The molecule has 3 fully saturated rings. The Morgan fingerprint density at radius 3 is 1.82 bits per heavy atom. The first kappa shape index (κ1) is 15.4. The minimum Gasteiger partial charge on any atom is -0.274 e. The fourth-order valence-electron chi connectivity index (χ4n) is 4.27. The molecule has 7 heteroatoms. The topological polar surface area (TPSA) is 37.4 Å². The number of alkyl halides is 2. The van der Waals surface area contributed by atoms with Crippen molar-refractivity contribution in [2.24, 2.45) is 23.7 Å². The highest BCUT2D eigenvalue weighted by Gasteiger charge is 2.66. The van der Waals surface area contributed by atoms with Gasteiger partial charge in [0.15, 0.2) is 0 Å². The number of rotatable bonds is 1. The van der Waals surface area contributed by atoms with Gasteiger partial charge in [-0.3, -0.25) is 9.59 Å². The molecular weight excluding hydrogens is 457 g/mol. The Morgan fingerprint density at radius 2 is 1.36 bits per heavy atom. The Hall–Kier alpha value is -0.100. The number of carbonyl (C=O) groups is 2. The van der Waals surface area contributed by atoms with E-state index in [1.165, 1.54) is 4.90 Å². The molecule has 3 nitrogen and oxygen atoms in total. The van der Waals surface area contributed by atoms with Crippen molar-refractivity contribution in [1.29, 1.82) is 0 Å². The van der Waals surface area contributed by atoms with Crippen molar-refractivity contribution in [2.45, 2.75) is 16.1 Å². The highest BCUT2D eigenvalue weighted by atomic mass is 79.9. The SMILES string of the molecule is O=C1[C@H]2[C@H]3C[C@@H]([C@@H](Br)[C@@H]3Br)[C@@H]2C(=O)N1c1cc(Cl)cc(Cl)c1.